The fourth-order valence-corrected chi connectivity index (χ4v) is 3.77. The molecule has 5 heteroatoms. The fourth-order valence-electron chi connectivity index (χ4n) is 2.29. The Bertz CT molecular complexity index is 798. The van der Waals surface area contributed by atoms with E-state index in [4.69, 9.17) is 27.9 Å². The van der Waals surface area contributed by atoms with Gasteiger partial charge in [0.25, 0.3) is 0 Å². The molecule has 0 aliphatic rings. The van der Waals surface area contributed by atoms with Crippen LogP contribution >= 0.6 is 34.5 Å². The second-order valence-electron chi connectivity index (χ2n) is 4.60. The Morgan fingerprint density at radius 3 is 2.62 bits per heavy atom. The van der Waals surface area contributed by atoms with Crippen molar-refractivity contribution in [3.63, 3.8) is 0 Å². The number of fused-ring (bicyclic) bond motifs is 1. The van der Waals surface area contributed by atoms with Gasteiger partial charge in [0.05, 0.1) is 17.2 Å². The average Bonchev–Trinajstić information content (AvgIpc) is 2.92. The predicted molar refractivity (Wildman–Crippen MR) is 88.9 cm³/mol. The average molecular weight is 339 g/mol. The normalized spacial score (nSPS) is 12.6. The molecule has 2 nitrogen and oxygen atoms in total. The van der Waals surface area contributed by atoms with Crippen LogP contribution in [0.15, 0.2) is 41.8 Å². The molecule has 3 aromatic rings. The van der Waals surface area contributed by atoms with Gasteiger partial charge in [-0.25, -0.2) is 0 Å². The van der Waals surface area contributed by atoms with Gasteiger partial charge < -0.3 is 9.84 Å². The predicted octanol–water partition coefficient (Wildman–Crippen LogP) is 5.30. The van der Waals surface area contributed by atoms with Crippen molar-refractivity contribution in [2.75, 3.05) is 7.11 Å². The largest absolute Gasteiger partial charge is 0.495 e. The number of hydrogen-bond acceptors (Lipinski definition) is 3. The quantitative estimate of drug-likeness (QED) is 0.702. The molecule has 1 unspecified atom stereocenters. The molecule has 0 amide bonds. The highest BCUT2D eigenvalue weighted by Gasteiger charge is 2.19. The van der Waals surface area contributed by atoms with Gasteiger partial charge in [-0.15, -0.1) is 11.3 Å². The molecule has 0 saturated heterocycles. The third-order valence-corrected chi connectivity index (χ3v) is 4.98. The monoisotopic (exact) mass is 338 g/mol. The fraction of sp³-hybridized carbons (Fsp3) is 0.125. The molecular formula is C16H12Cl2O2S. The van der Waals surface area contributed by atoms with Crippen molar-refractivity contribution in [2.24, 2.45) is 0 Å². The second-order valence-corrected chi connectivity index (χ2v) is 6.32. The Labute approximate surface area is 136 Å². The van der Waals surface area contributed by atoms with E-state index in [0.717, 1.165) is 15.6 Å². The molecule has 0 saturated carbocycles. The van der Waals surface area contributed by atoms with E-state index in [2.05, 4.69) is 0 Å². The summed E-state index contributed by atoms with van der Waals surface area (Å²) in [7, 11) is 1.53. The van der Waals surface area contributed by atoms with Crippen LogP contribution in [0.1, 0.15) is 17.2 Å². The van der Waals surface area contributed by atoms with E-state index < -0.39 is 6.10 Å². The first-order valence-electron chi connectivity index (χ1n) is 6.29. The zero-order valence-corrected chi connectivity index (χ0v) is 13.5. The van der Waals surface area contributed by atoms with Crippen LogP contribution in [0.4, 0.5) is 0 Å². The summed E-state index contributed by atoms with van der Waals surface area (Å²) in [4.78, 5) is 0. The molecule has 0 spiro atoms. The Kier molecular flexibility index (Phi) is 4.09. The summed E-state index contributed by atoms with van der Waals surface area (Å²) < 4.78 is 6.25. The highest BCUT2D eigenvalue weighted by atomic mass is 35.5. The van der Waals surface area contributed by atoms with Crippen molar-refractivity contribution in [1.29, 1.82) is 0 Å². The minimum absolute atomic E-state index is 0.426. The van der Waals surface area contributed by atoms with Crippen molar-refractivity contribution < 1.29 is 9.84 Å². The molecule has 0 radical (unpaired) electrons. The molecule has 0 aliphatic carbocycles. The maximum atomic E-state index is 10.7. The Morgan fingerprint density at radius 2 is 1.86 bits per heavy atom. The zero-order valence-electron chi connectivity index (χ0n) is 11.1. The number of halogens is 2. The van der Waals surface area contributed by atoms with Gasteiger partial charge in [-0.2, -0.15) is 0 Å². The maximum Gasteiger partial charge on any atom is 0.138 e. The van der Waals surface area contributed by atoms with Gasteiger partial charge in [0, 0.05) is 21.9 Å². The van der Waals surface area contributed by atoms with Crippen LogP contribution < -0.4 is 4.74 Å². The number of aliphatic hydroxyl groups is 1. The third-order valence-electron chi connectivity index (χ3n) is 3.37. The first-order valence-corrected chi connectivity index (χ1v) is 7.92. The van der Waals surface area contributed by atoms with Crippen molar-refractivity contribution >= 4 is 44.6 Å². The molecular weight excluding hydrogens is 327 g/mol. The van der Waals surface area contributed by atoms with Gasteiger partial charge in [-0.05, 0) is 22.9 Å². The molecule has 1 N–H and O–H groups in total. The third kappa shape index (κ3) is 2.62. The van der Waals surface area contributed by atoms with Crippen LogP contribution in [0.3, 0.4) is 0 Å². The lowest BCUT2D eigenvalue weighted by Gasteiger charge is -2.14. The van der Waals surface area contributed by atoms with Crippen LogP contribution in [0.25, 0.3) is 10.1 Å². The minimum atomic E-state index is -0.822. The molecule has 2 aromatic carbocycles. The molecule has 108 valence electrons. The van der Waals surface area contributed by atoms with Gasteiger partial charge in [0.15, 0.2) is 0 Å². The number of benzene rings is 2. The standard InChI is InChI=1S/C16H12Cl2O2S/c1-20-14-7-12(17)10(6-13(14)18)16(19)11-8-21-15-5-3-2-4-9(11)15/h2-8,16,19H,1H3. The van der Waals surface area contributed by atoms with E-state index in [9.17, 15) is 5.11 Å². The van der Waals surface area contributed by atoms with Crippen LogP contribution in [0.2, 0.25) is 10.0 Å². The molecule has 1 atom stereocenters. The highest BCUT2D eigenvalue weighted by molar-refractivity contribution is 7.17. The van der Waals surface area contributed by atoms with E-state index in [1.165, 1.54) is 7.11 Å². The number of ether oxygens (including phenoxy) is 1. The lowest BCUT2D eigenvalue weighted by Crippen LogP contribution is -2.00. The molecule has 0 aliphatic heterocycles. The highest BCUT2D eigenvalue weighted by Crippen LogP contribution is 2.39. The van der Waals surface area contributed by atoms with E-state index in [-0.39, 0.29) is 0 Å². The molecule has 0 fully saturated rings. The zero-order chi connectivity index (χ0) is 15.0. The van der Waals surface area contributed by atoms with Crippen LogP contribution in [-0.2, 0) is 0 Å². The smallest absolute Gasteiger partial charge is 0.138 e. The Balaban J connectivity index is 2.10. The topological polar surface area (TPSA) is 29.5 Å². The molecule has 1 heterocycles. The molecule has 1 aromatic heterocycles. The van der Waals surface area contributed by atoms with Crippen molar-refractivity contribution in [2.45, 2.75) is 6.10 Å². The summed E-state index contributed by atoms with van der Waals surface area (Å²) in [6, 6.07) is 11.2. The second kappa shape index (κ2) is 5.85. The summed E-state index contributed by atoms with van der Waals surface area (Å²) in [6.07, 6.45) is -0.822. The van der Waals surface area contributed by atoms with Gasteiger partial charge in [-0.1, -0.05) is 41.4 Å². The van der Waals surface area contributed by atoms with Crippen LogP contribution in [0.5, 0.6) is 5.75 Å². The number of methoxy groups -OCH3 is 1. The first-order chi connectivity index (χ1) is 10.1. The number of rotatable bonds is 3. The summed E-state index contributed by atoms with van der Waals surface area (Å²) >= 11 is 14.0. The number of thiophene rings is 1. The van der Waals surface area contributed by atoms with Crippen molar-refractivity contribution in [3.05, 3.63) is 63.0 Å². The van der Waals surface area contributed by atoms with Gasteiger partial charge in [-0.3, -0.25) is 0 Å². The SMILES string of the molecule is COc1cc(Cl)c(C(O)c2csc3ccccc23)cc1Cl. The molecule has 21 heavy (non-hydrogen) atoms. The molecule has 0 bridgehead atoms. The lowest BCUT2D eigenvalue weighted by atomic mass is 10.0. The Morgan fingerprint density at radius 1 is 1.10 bits per heavy atom. The maximum absolute atomic E-state index is 10.7. The van der Waals surface area contributed by atoms with Gasteiger partial charge in [0.2, 0.25) is 0 Å². The first kappa shape index (κ1) is 14.7. The van der Waals surface area contributed by atoms with E-state index >= 15 is 0 Å². The summed E-state index contributed by atoms with van der Waals surface area (Å²) in [6.45, 7) is 0. The lowest BCUT2D eigenvalue weighted by molar-refractivity contribution is 0.222. The number of hydrogen-bond donors (Lipinski definition) is 1. The van der Waals surface area contributed by atoms with Crippen molar-refractivity contribution in [1.82, 2.24) is 0 Å². The Hall–Kier alpha value is -1.26. The van der Waals surface area contributed by atoms with E-state index in [1.807, 2.05) is 29.6 Å². The summed E-state index contributed by atoms with van der Waals surface area (Å²) in [5, 5.41) is 14.5. The van der Waals surface area contributed by atoms with Crippen LogP contribution in [0, 0.1) is 0 Å². The number of aliphatic hydroxyl groups excluding tert-OH is 1. The van der Waals surface area contributed by atoms with Crippen LogP contribution in [-0.4, -0.2) is 12.2 Å². The van der Waals surface area contributed by atoms with Gasteiger partial charge >= 0.3 is 0 Å². The summed E-state index contributed by atoms with van der Waals surface area (Å²) in [5.74, 6) is 0.493. The van der Waals surface area contributed by atoms with E-state index in [1.54, 1.807) is 23.5 Å². The van der Waals surface area contributed by atoms with Crippen molar-refractivity contribution in [3.8, 4) is 5.75 Å². The molecule has 3 rings (SSSR count). The minimum Gasteiger partial charge on any atom is -0.495 e. The van der Waals surface area contributed by atoms with Gasteiger partial charge in [0.1, 0.15) is 11.9 Å². The van der Waals surface area contributed by atoms with E-state index in [0.29, 0.717) is 21.4 Å². The summed E-state index contributed by atoms with van der Waals surface area (Å²) in [5.41, 5.74) is 1.41.